The second-order valence-corrected chi connectivity index (χ2v) is 8.46. The summed E-state index contributed by atoms with van der Waals surface area (Å²) in [6.07, 6.45) is 5.63. The lowest BCUT2D eigenvalue weighted by Gasteiger charge is -2.32. The molecule has 2 aromatic heterocycles. The molecule has 0 aromatic carbocycles. The molecular weight excluding hydrogens is 384 g/mol. The van der Waals surface area contributed by atoms with Crippen molar-refractivity contribution in [1.29, 1.82) is 0 Å². The maximum absolute atomic E-state index is 11.9. The summed E-state index contributed by atoms with van der Waals surface area (Å²) in [4.78, 5) is 18.9. The lowest BCUT2D eigenvalue weighted by atomic mass is 10.1. The first-order valence-electron chi connectivity index (χ1n) is 8.63. The molecule has 1 saturated heterocycles. The van der Waals surface area contributed by atoms with Gasteiger partial charge >= 0.3 is 6.09 Å². The number of aromatic nitrogens is 2. The number of amides is 1. The number of nitrogens with one attached hydrogen (secondary N) is 1. The van der Waals surface area contributed by atoms with E-state index < -0.39 is 5.60 Å². The minimum atomic E-state index is -0.455. The number of imidazole rings is 1. The quantitative estimate of drug-likeness (QED) is 0.842. The molecule has 0 atom stereocenters. The maximum atomic E-state index is 11.9. The Bertz CT molecular complexity index is 745. The molecule has 3 rings (SSSR count). The molecule has 1 amide bonds. The van der Waals surface area contributed by atoms with Crippen molar-refractivity contribution in [2.45, 2.75) is 51.8 Å². The summed E-state index contributed by atoms with van der Waals surface area (Å²) in [5.74, 6) is 0. The van der Waals surface area contributed by atoms with Gasteiger partial charge in [-0.25, -0.2) is 9.78 Å². The summed E-state index contributed by atoms with van der Waals surface area (Å²) in [7, 11) is 0. The maximum Gasteiger partial charge on any atom is 0.407 e. The van der Waals surface area contributed by atoms with E-state index in [2.05, 4.69) is 37.3 Å². The van der Waals surface area contributed by atoms with E-state index in [0.29, 0.717) is 0 Å². The van der Waals surface area contributed by atoms with Crippen LogP contribution < -0.4 is 5.32 Å². The van der Waals surface area contributed by atoms with Crippen molar-refractivity contribution < 1.29 is 9.53 Å². The van der Waals surface area contributed by atoms with Crippen molar-refractivity contribution in [3.8, 4) is 0 Å². The Labute approximate surface area is 156 Å². The van der Waals surface area contributed by atoms with Crippen molar-refractivity contribution in [2.75, 3.05) is 13.1 Å². The zero-order chi connectivity index (χ0) is 18.0. The van der Waals surface area contributed by atoms with Gasteiger partial charge in [-0.3, -0.25) is 4.90 Å². The van der Waals surface area contributed by atoms with Gasteiger partial charge in [0.25, 0.3) is 0 Å². The molecule has 0 spiro atoms. The number of fused-ring (bicyclic) bond motifs is 1. The number of carbonyl (C=O) groups excluding carboxylic acids is 1. The Morgan fingerprint density at radius 2 is 2.04 bits per heavy atom. The van der Waals surface area contributed by atoms with Gasteiger partial charge in [-0.1, -0.05) is 0 Å². The van der Waals surface area contributed by atoms with Crippen LogP contribution in [0.5, 0.6) is 0 Å². The van der Waals surface area contributed by atoms with E-state index in [1.807, 2.05) is 43.5 Å². The van der Waals surface area contributed by atoms with Crippen LogP contribution in [0.2, 0.25) is 0 Å². The topological polar surface area (TPSA) is 58.9 Å². The fraction of sp³-hybridized carbons (Fsp3) is 0.556. The van der Waals surface area contributed by atoms with E-state index in [-0.39, 0.29) is 12.1 Å². The summed E-state index contributed by atoms with van der Waals surface area (Å²) in [6.45, 7) is 8.35. The molecule has 7 heteroatoms. The van der Waals surface area contributed by atoms with E-state index >= 15 is 0 Å². The van der Waals surface area contributed by atoms with Gasteiger partial charge in [0.05, 0.1) is 5.69 Å². The van der Waals surface area contributed by atoms with E-state index in [0.717, 1.165) is 48.3 Å². The first-order valence-corrected chi connectivity index (χ1v) is 9.43. The van der Waals surface area contributed by atoms with Crippen molar-refractivity contribution in [1.82, 2.24) is 19.6 Å². The van der Waals surface area contributed by atoms with Gasteiger partial charge in [0.1, 0.15) is 11.2 Å². The highest BCUT2D eigenvalue weighted by molar-refractivity contribution is 9.10. The lowest BCUT2D eigenvalue weighted by Crippen LogP contribution is -2.45. The molecule has 0 radical (unpaired) electrons. The summed E-state index contributed by atoms with van der Waals surface area (Å²) in [5, 5.41) is 2.97. The number of piperidine rings is 1. The minimum Gasteiger partial charge on any atom is -0.444 e. The number of hydrogen-bond acceptors (Lipinski definition) is 4. The summed E-state index contributed by atoms with van der Waals surface area (Å²) in [5.41, 5.74) is 1.57. The molecule has 0 aliphatic carbocycles. The number of rotatable bonds is 3. The SMILES string of the molecule is CC(C)(C)OC(=O)NC1CCN(Cc2cn3cc(Br)ccc3n2)CC1. The predicted molar refractivity (Wildman–Crippen MR) is 101 cm³/mol. The Kier molecular flexibility index (Phi) is 5.34. The zero-order valence-electron chi connectivity index (χ0n) is 15.0. The number of alkyl carbamates (subject to hydrolysis) is 1. The van der Waals surface area contributed by atoms with Crippen molar-refractivity contribution in [3.05, 3.63) is 34.7 Å². The summed E-state index contributed by atoms with van der Waals surface area (Å²) >= 11 is 3.48. The van der Waals surface area contributed by atoms with Gasteiger partial charge in [0, 0.05) is 42.5 Å². The third kappa shape index (κ3) is 5.19. The first kappa shape index (κ1) is 18.2. The molecule has 0 unspecified atom stereocenters. The van der Waals surface area contributed by atoms with Gasteiger partial charge in [0.15, 0.2) is 0 Å². The number of hydrogen-bond donors (Lipinski definition) is 1. The van der Waals surface area contributed by atoms with Crippen LogP contribution in [0.3, 0.4) is 0 Å². The standard InChI is InChI=1S/C18H25BrN4O2/c1-18(2,3)25-17(24)21-14-6-8-22(9-7-14)11-15-12-23-10-13(19)4-5-16(23)20-15/h4-5,10,12,14H,6-9,11H2,1-3H3,(H,21,24). The van der Waals surface area contributed by atoms with Crippen LogP contribution in [0.4, 0.5) is 4.79 Å². The second kappa shape index (κ2) is 7.33. The molecular formula is C18H25BrN4O2. The van der Waals surface area contributed by atoms with Crippen LogP contribution in [0.25, 0.3) is 5.65 Å². The molecule has 6 nitrogen and oxygen atoms in total. The fourth-order valence-electron chi connectivity index (χ4n) is 3.03. The van der Waals surface area contributed by atoms with Crippen LogP contribution >= 0.6 is 15.9 Å². The largest absolute Gasteiger partial charge is 0.444 e. The molecule has 0 saturated carbocycles. The van der Waals surface area contributed by atoms with Gasteiger partial charge < -0.3 is 14.5 Å². The first-order chi connectivity index (χ1) is 11.8. The number of pyridine rings is 1. The summed E-state index contributed by atoms with van der Waals surface area (Å²) in [6, 6.07) is 4.19. The van der Waals surface area contributed by atoms with Gasteiger partial charge in [-0.2, -0.15) is 0 Å². The minimum absolute atomic E-state index is 0.183. The highest BCUT2D eigenvalue weighted by Crippen LogP contribution is 2.17. The van der Waals surface area contributed by atoms with Crippen LogP contribution in [0.1, 0.15) is 39.3 Å². The van der Waals surface area contributed by atoms with E-state index in [1.165, 1.54) is 0 Å². The molecule has 1 aliphatic rings. The molecule has 2 aromatic rings. The summed E-state index contributed by atoms with van der Waals surface area (Å²) < 4.78 is 8.40. The number of carbonyl (C=O) groups is 1. The second-order valence-electron chi connectivity index (χ2n) is 7.54. The highest BCUT2D eigenvalue weighted by Gasteiger charge is 2.24. The average Bonchev–Trinajstić information content (AvgIpc) is 2.88. The Morgan fingerprint density at radius 3 is 2.72 bits per heavy atom. The zero-order valence-corrected chi connectivity index (χ0v) is 16.5. The molecule has 1 fully saturated rings. The molecule has 3 heterocycles. The lowest BCUT2D eigenvalue weighted by molar-refractivity contribution is 0.0477. The Hall–Kier alpha value is -1.60. The van der Waals surface area contributed by atoms with Crippen molar-refractivity contribution in [2.24, 2.45) is 0 Å². The highest BCUT2D eigenvalue weighted by atomic mass is 79.9. The molecule has 25 heavy (non-hydrogen) atoms. The van der Waals surface area contributed by atoms with Gasteiger partial charge in [0.2, 0.25) is 0 Å². The number of likely N-dealkylation sites (tertiary alicyclic amines) is 1. The van der Waals surface area contributed by atoms with Crippen LogP contribution in [-0.4, -0.2) is 45.1 Å². The van der Waals surface area contributed by atoms with E-state index in [9.17, 15) is 4.79 Å². The average molecular weight is 409 g/mol. The predicted octanol–water partition coefficient (Wildman–Crippen LogP) is 3.59. The Balaban J connectivity index is 1.49. The monoisotopic (exact) mass is 408 g/mol. The van der Waals surface area contributed by atoms with Crippen LogP contribution in [-0.2, 0) is 11.3 Å². The van der Waals surface area contributed by atoms with E-state index in [4.69, 9.17) is 4.74 Å². The molecule has 1 N–H and O–H groups in total. The third-order valence-corrected chi connectivity index (χ3v) is 4.63. The fourth-order valence-corrected chi connectivity index (χ4v) is 3.38. The van der Waals surface area contributed by atoms with E-state index in [1.54, 1.807) is 0 Å². The molecule has 0 bridgehead atoms. The Morgan fingerprint density at radius 1 is 1.32 bits per heavy atom. The number of halogens is 1. The third-order valence-electron chi connectivity index (χ3n) is 4.16. The van der Waals surface area contributed by atoms with Gasteiger partial charge in [-0.05, 0) is 61.7 Å². The van der Waals surface area contributed by atoms with Crippen LogP contribution in [0, 0.1) is 0 Å². The number of nitrogens with zero attached hydrogens (tertiary/aromatic N) is 3. The molecule has 1 aliphatic heterocycles. The normalized spacial score (nSPS) is 17.0. The molecule has 136 valence electrons. The van der Waals surface area contributed by atoms with Crippen molar-refractivity contribution >= 4 is 27.7 Å². The van der Waals surface area contributed by atoms with Crippen molar-refractivity contribution in [3.63, 3.8) is 0 Å². The smallest absolute Gasteiger partial charge is 0.407 e. The van der Waals surface area contributed by atoms with Gasteiger partial charge in [-0.15, -0.1) is 0 Å². The van der Waals surface area contributed by atoms with Crippen LogP contribution in [0.15, 0.2) is 29.0 Å². The number of ether oxygens (including phenoxy) is 1.